The maximum Gasteiger partial charge on any atom is 0.387 e. The molecule has 0 spiro atoms. The fourth-order valence-corrected chi connectivity index (χ4v) is 3.00. The normalized spacial score (nSPS) is 13.1. The first-order chi connectivity index (χ1) is 12.1. The van der Waals surface area contributed by atoms with Crippen LogP contribution in [0.15, 0.2) is 29.3 Å². The van der Waals surface area contributed by atoms with Crippen LogP contribution < -0.4 is 10.1 Å². The van der Waals surface area contributed by atoms with Gasteiger partial charge in [-0.1, -0.05) is 12.1 Å². The van der Waals surface area contributed by atoms with Gasteiger partial charge in [-0.05, 0) is 45.4 Å². The van der Waals surface area contributed by atoms with Crippen LogP contribution in [0.5, 0.6) is 5.75 Å². The summed E-state index contributed by atoms with van der Waals surface area (Å²) in [6.07, 6.45) is 0. The third-order valence-electron chi connectivity index (χ3n) is 3.49. The highest BCUT2D eigenvalue weighted by molar-refractivity contribution is 14.0. The fraction of sp³-hybridized carbons (Fsp3) is 0.611. The molecule has 0 saturated heterocycles. The third-order valence-corrected chi connectivity index (χ3v) is 5.41. The van der Waals surface area contributed by atoms with Crippen molar-refractivity contribution in [3.8, 4) is 5.75 Å². The van der Waals surface area contributed by atoms with Crippen molar-refractivity contribution in [1.29, 1.82) is 0 Å². The largest absolute Gasteiger partial charge is 0.435 e. The van der Waals surface area contributed by atoms with Gasteiger partial charge in [0.25, 0.3) is 0 Å². The lowest BCUT2D eigenvalue weighted by Gasteiger charge is -2.23. The van der Waals surface area contributed by atoms with Gasteiger partial charge in [0, 0.05) is 41.4 Å². The number of nitrogens with zero attached hydrogens (tertiary/aromatic N) is 2. The van der Waals surface area contributed by atoms with Crippen LogP contribution in [0.3, 0.4) is 0 Å². The Morgan fingerprint density at radius 3 is 2.37 bits per heavy atom. The van der Waals surface area contributed by atoms with Crippen LogP contribution in [0, 0.1) is 0 Å². The molecule has 0 aromatic heterocycles. The average molecular weight is 517 g/mol. The molecule has 0 aliphatic carbocycles. The Labute approximate surface area is 180 Å². The van der Waals surface area contributed by atoms with E-state index in [1.807, 2.05) is 39.6 Å². The molecule has 0 bridgehead atoms. The Balaban J connectivity index is 0.00000676. The van der Waals surface area contributed by atoms with Gasteiger partial charge in [0.1, 0.15) is 5.75 Å². The number of benzene rings is 1. The van der Waals surface area contributed by atoms with E-state index in [1.165, 1.54) is 12.1 Å². The quantitative estimate of drug-likeness (QED) is 0.324. The van der Waals surface area contributed by atoms with Gasteiger partial charge in [0.2, 0.25) is 0 Å². The molecule has 0 heterocycles. The molecule has 9 heteroatoms. The van der Waals surface area contributed by atoms with Gasteiger partial charge in [-0.3, -0.25) is 9.20 Å². The van der Waals surface area contributed by atoms with E-state index in [0.717, 1.165) is 5.56 Å². The van der Waals surface area contributed by atoms with E-state index in [1.54, 1.807) is 12.1 Å². The molecule has 0 saturated carbocycles. The van der Waals surface area contributed by atoms with Crippen molar-refractivity contribution in [1.82, 2.24) is 10.2 Å². The Morgan fingerprint density at radius 1 is 1.30 bits per heavy atom. The van der Waals surface area contributed by atoms with Crippen LogP contribution in [-0.2, 0) is 17.3 Å². The number of alkyl halides is 2. The zero-order chi connectivity index (χ0) is 19.7. The SMILES string of the molecule is CCNC(=NCCS(=O)C(C)(C)C)N(C)Cc1ccc(OC(F)F)cc1.I. The van der Waals surface area contributed by atoms with E-state index >= 15 is 0 Å². The van der Waals surface area contributed by atoms with Crippen molar-refractivity contribution in [2.24, 2.45) is 4.99 Å². The summed E-state index contributed by atoms with van der Waals surface area (Å²) < 4.78 is 40.6. The van der Waals surface area contributed by atoms with Crippen LogP contribution in [0.25, 0.3) is 0 Å². The molecule has 1 N–H and O–H groups in total. The Hall–Kier alpha value is -0.970. The summed E-state index contributed by atoms with van der Waals surface area (Å²) in [6.45, 7) is 6.75. The van der Waals surface area contributed by atoms with Crippen LogP contribution in [0.4, 0.5) is 8.78 Å². The van der Waals surface area contributed by atoms with Crippen LogP contribution in [0.2, 0.25) is 0 Å². The van der Waals surface area contributed by atoms with Crippen molar-refractivity contribution >= 4 is 40.7 Å². The number of aliphatic imine (C=N–C) groups is 1. The second-order valence-corrected chi connectivity index (χ2v) is 9.10. The van der Waals surface area contributed by atoms with E-state index < -0.39 is 17.4 Å². The zero-order valence-electron chi connectivity index (χ0n) is 16.5. The first-order valence-electron chi connectivity index (χ1n) is 8.55. The van der Waals surface area contributed by atoms with Crippen molar-refractivity contribution < 1.29 is 17.7 Å². The lowest BCUT2D eigenvalue weighted by atomic mass is 10.2. The smallest absolute Gasteiger partial charge is 0.387 e. The van der Waals surface area contributed by atoms with Crippen LogP contribution >= 0.6 is 24.0 Å². The minimum atomic E-state index is -2.82. The molecule has 0 aliphatic rings. The van der Waals surface area contributed by atoms with Gasteiger partial charge in [-0.2, -0.15) is 8.78 Å². The van der Waals surface area contributed by atoms with Gasteiger partial charge in [-0.25, -0.2) is 0 Å². The number of ether oxygens (including phenoxy) is 1. The molecule has 1 rings (SSSR count). The van der Waals surface area contributed by atoms with E-state index in [0.29, 0.717) is 31.3 Å². The number of rotatable bonds is 8. The van der Waals surface area contributed by atoms with Crippen molar-refractivity contribution in [2.75, 3.05) is 25.9 Å². The summed E-state index contributed by atoms with van der Waals surface area (Å²) in [6, 6.07) is 6.52. The van der Waals surface area contributed by atoms with Gasteiger partial charge < -0.3 is 15.0 Å². The fourth-order valence-electron chi connectivity index (χ4n) is 2.14. The zero-order valence-corrected chi connectivity index (χ0v) is 19.6. The van der Waals surface area contributed by atoms with Crippen LogP contribution in [-0.4, -0.2) is 52.3 Å². The second kappa shape index (κ2) is 12.5. The summed E-state index contributed by atoms with van der Waals surface area (Å²) >= 11 is 0. The number of halogens is 3. The van der Waals surface area contributed by atoms with Crippen molar-refractivity contribution in [3.63, 3.8) is 0 Å². The topological polar surface area (TPSA) is 53.9 Å². The summed E-state index contributed by atoms with van der Waals surface area (Å²) in [5, 5.41) is 3.21. The molecule has 1 atom stereocenters. The Morgan fingerprint density at radius 2 is 1.89 bits per heavy atom. The lowest BCUT2D eigenvalue weighted by Crippen LogP contribution is -2.39. The van der Waals surface area contributed by atoms with Gasteiger partial charge in [0.15, 0.2) is 5.96 Å². The predicted octanol–water partition coefficient (Wildman–Crippen LogP) is 3.85. The summed E-state index contributed by atoms with van der Waals surface area (Å²) in [5.74, 6) is 1.36. The highest BCUT2D eigenvalue weighted by atomic mass is 127. The van der Waals surface area contributed by atoms with Gasteiger partial charge in [0.05, 0.1) is 6.54 Å². The Kier molecular flexibility index (Phi) is 12.0. The molecule has 5 nitrogen and oxygen atoms in total. The van der Waals surface area contributed by atoms with Gasteiger partial charge in [-0.15, -0.1) is 24.0 Å². The van der Waals surface area contributed by atoms with E-state index in [2.05, 4.69) is 15.0 Å². The van der Waals surface area contributed by atoms with E-state index in [9.17, 15) is 13.0 Å². The number of hydrogen-bond acceptors (Lipinski definition) is 3. The molecule has 0 aliphatic heterocycles. The molecule has 1 aromatic rings. The van der Waals surface area contributed by atoms with Gasteiger partial charge >= 0.3 is 6.61 Å². The molecule has 27 heavy (non-hydrogen) atoms. The molecular formula is C18H30F2IN3O2S. The number of guanidine groups is 1. The number of nitrogens with one attached hydrogen (secondary N) is 1. The van der Waals surface area contributed by atoms with Crippen molar-refractivity contribution in [2.45, 2.75) is 45.6 Å². The highest BCUT2D eigenvalue weighted by Crippen LogP contribution is 2.16. The van der Waals surface area contributed by atoms with E-state index in [-0.39, 0.29) is 34.5 Å². The molecule has 1 unspecified atom stereocenters. The van der Waals surface area contributed by atoms with Crippen molar-refractivity contribution in [3.05, 3.63) is 29.8 Å². The summed E-state index contributed by atoms with van der Waals surface area (Å²) in [7, 11) is 0.950. The summed E-state index contributed by atoms with van der Waals surface area (Å²) in [4.78, 5) is 6.47. The molecule has 0 fully saturated rings. The maximum absolute atomic E-state index is 12.2. The standard InChI is InChI=1S/C18H29F2N3O2S.HI/c1-6-21-17(22-11-12-26(24)18(2,3)4)23(5)13-14-7-9-15(10-8-14)25-16(19)20;/h7-10,16H,6,11-13H2,1-5H3,(H,21,22);1H. The first kappa shape index (κ1) is 26.0. The summed E-state index contributed by atoms with van der Waals surface area (Å²) in [5.41, 5.74) is 0.943. The lowest BCUT2D eigenvalue weighted by molar-refractivity contribution is -0.0498. The molecule has 1 aromatic carbocycles. The number of hydrogen-bond donors (Lipinski definition) is 1. The predicted molar refractivity (Wildman–Crippen MR) is 119 cm³/mol. The second-order valence-electron chi connectivity index (χ2n) is 6.78. The first-order valence-corrected chi connectivity index (χ1v) is 9.87. The molecule has 0 amide bonds. The Bertz CT molecular complexity index is 608. The minimum absolute atomic E-state index is 0. The maximum atomic E-state index is 12.2. The molecular weight excluding hydrogens is 487 g/mol. The monoisotopic (exact) mass is 517 g/mol. The van der Waals surface area contributed by atoms with E-state index in [4.69, 9.17) is 0 Å². The minimum Gasteiger partial charge on any atom is -0.435 e. The molecule has 0 radical (unpaired) electrons. The average Bonchev–Trinajstić information content (AvgIpc) is 2.54. The highest BCUT2D eigenvalue weighted by Gasteiger charge is 2.18. The molecule has 156 valence electrons. The van der Waals surface area contributed by atoms with Crippen LogP contribution in [0.1, 0.15) is 33.3 Å². The third kappa shape index (κ3) is 10.2.